The monoisotopic (exact) mass is 386 g/mol. The van der Waals surface area contributed by atoms with Crippen LogP contribution in [0.3, 0.4) is 0 Å². The summed E-state index contributed by atoms with van der Waals surface area (Å²) in [4.78, 5) is 26.8. The molecule has 0 radical (unpaired) electrons. The van der Waals surface area contributed by atoms with E-state index in [4.69, 9.17) is 4.74 Å². The van der Waals surface area contributed by atoms with Crippen LogP contribution in [0.25, 0.3) is 0 Å². The molecule has 1 N–H and O–H groups in total. The SMILES string of the molecule is Cc1ccccc1N1C[C@@H](C(=O)Nc2ccc(Oc3ccccc3)cc2)CC1=O. The summed E-state index contributed by atoms with van der Waals surface area (Å²) < 4.78 is 5.76. The molecule has 1 atom stereocenters. The summed E-state index contributed by atoms with van der Waals surface area (Å²) in [5.41, 5.74) is 2.57. The van der Waals surface area contributed by atoms with E-state index in [9.17, 15) is 9.59 Å². The second kappa shape index (κ2) is 8.19. The van der Waals surface area contributed by atoms with Crippen LogP contribution < -0.4 is 15.0 Å². The lowest BCUT2D eigenvalue weighted by atomic mass is 10.1. The van der Waals surface area contributed by atoms with Gasteiger partial charge in [-0.25, -0.2) is 0 Å². The summed E-state index contributed by atoms with van der Waals surface area (Å²) in [7, 11) is 0. The minimum atomic E-state index is -0.373. The van der Waals surface area contributed by atoms with Gasteiger partial charge in [0, 0.05) is 24.3 Å². The number of anilines is 2. The van der Waals surface area contributed by atoms with E-state index in [2.05, 4.69) is 5.32 Å². The lowest BCUT2D eigenvalue weighted by Gasteiger charge is -2.19. The van der Waals surface area contributed by atoms with Crippen molar-refractivity contribution in [2.45, 2.75) is 13.3 Å². The molecule has 0 bridgehead atoms. The molecule has 1 saturated heterocycles. The van der Waals surface area contributed by atoms with E-state index in [1.807, 2.05) is 73.7 Å². The Kier molecular flexibility index (Phi) is 5.29. The van der Waals surface area contributed by atoms with E-state index < -0.39 is 0 Å². The molecule has 0 spiro atoms. The van der Waals surface area contributed by atoms with Gasteiger partial charge >= 0.3 is 0 Å². The first-order valence-electron chi connectivity index (χ1n) is 9.60. The number of ether oxygens (including phenoxy) is 1. The van der Waals surface area contributed by atoms with Gasteiger partial charge < -0.3 is 15.0 Å². The third-order valence-electron chi connectivity index (χ3n) is 5.00. The molecular weight excluding hydrogens is 364 g/mol. The van der Waals surface area contributed by atoms with Gasteiger partial charge in [0.1, 0.15) is 11.5 Å². The smallest absolute Gasteiger partial charge is 0.229 e. The third kappa shape index (κ3) is 4.29. The number of nitrogens with zero attached hydrogens (tertiary/aromatic N) is 1. The molecule has 2 amide bonds. The molecule has 0 saturated carbocycles. The van der Waals surface area contributed by atoms with Crippen molar-refractivity contribution in [3.63, 3.8) is 0 Å². The van der Waals surface area contributed by atoms with Crippen molar-refractivity contribution in [2.24, 2.45) is 5.92 Å². The Balaban J connectivity index is 1.38. The zero-order valence-electron chi connectivity index (χ0n) is 16.2. The molecular formula is C24H22N2O3. The van der Waals surface area contributed by atoms with Crippen LogP contribution >= 0.6 is 0 Å². The molecule has 5 nitrogen and oxygen atoms in total. The fourth-order valence-corrected chi connectivity index (χ4v) is 3.46. The standard InChI is InChI=1S/C24H22N2O3/c1-17-7-5-6-10-22(17)26-16-18(15-23(26)27)24(28)25-19-11-13-21(14-12-19)29-20-8-3-2-4-9-20/h2-14,18H,15-16H2,1H3,(H,25,28)/t18-/m0/s1. The van der Waals surface area contributed by atoms with Crippen LogP contribution in [0, 0.1) is 12.8 Å². The summed E-state index contributed by atoms with van der Waals surface area (Å²) in [6.45, 7) is 2.36. The fraction of sp³-hybridized carbons (Fsp3) is 0.167. The number of para-hydroxylation sites is 2. The Labute approximate surface area is 169 Å². The first-order valence-corrected chi connectivity index (χ1v) is 9.60. The van der Waals surface area contributed by atoms with E-state index in [-0.39, 0.29) is 24.2 Å². The number of rotatable bonds is 5. The van der Waals surface area contributed by atoms with Crippen LogP contribution in [0.2, 0.25) is 0 Å². The van der Waals surface area contributed by atoms with Crippen molar-refractivity contribution in [2.75, 3.05) is 16.8 Å². The van der Waals surface area contributed by atoms with Gasteiger partial charge in [-0.3, -0.25) is 9.59 Å². The Morgan fingerprint density at radius 2 is 1.59 bits per heavy atom. The molecule has 0 aliphatic carbocycles. The van der Waals surface area contributed by atoms with E-state index in [1.54, 1.807) is 17.0 Å². The molecule has 1 aliphatic heterocycles. The van der Waals surface area contributed by atoms with E-state index in [0.717, 1.165) is 17.0 Å². The van der Waals surface area contributed by atoms with Gasteiger partial charge in [-0.1, -0.05) is 36.4 Å². The first kappa shape index (κ1) is 18.7. The van der Waals surface area contributed by atoms with Gasteiger partial charge in [0.2, 0.25) is 11.8 Å². The molecule has 5 heteroatoms. The maximum Gasteiger partial charge on any atom is 0.229 e. The first-order chi connectivity index (χ1) is 14.1. The maximum atomic E-state index is 12.7. The predicted octanol–water partition coefficient (Wildman–Crippen LogP) is 4.78. The van der Waals surface area contributed by atoms with Gasteiger partial charge in [0.05, 0.1) is 5.92 Å². The normalized spacial score (nSPS) is 16.0. The van der Waals surface area contributed by atoms with Crippen LogP contribution in [0.1, 0.15) is 12.0 Å². The zero-order valence-corrected chi connectivity index (χ0v) is 16.2. The largest absolute Gasteiger partial charge is 0.457 e. The Bertz CT molecular complexity index is 1020. The molecule has 1 fully saturated rings. The van der Waals surface area contributed by atoms with Crippen molar-refractivity contribution in [1.82, 2.24) is 0 Å². The number of amides is 2. The molecule has 0 unspecified atom stereocenters. The Morgan fingerprint density at radius 3 is 2.31 bits per heavy atom. The zero-order chi connectivity index (χ0) is 20.2. The summed E-state index contributed by atoms with van der Waals surface area (Å²) in [6, 6.07) is 24.5. The highest BCUT2D eigenvalue weighted by atomic mass is 16.5. The van der Waals surface area contributed by atoms with E-state index >= 15 is 0 Å². The van der Waals surface area contributed by atoms with Crippen LogP contribution in [-0.4, -0.2) is 18.4 Å². The molecule has 3 aromatic rings. The second-order valence-corrected chi connectivity index (χ2v) is 7.12. The van der Waals surface area contributed by atoms with Gasteiger partial charge in [0.25, 0.3) is 0 Å². The number of hydrogen-bond acceptors (Lipinski definition) is 3. The third-order valence-corrected chi connectivity index (χ3v) is 5.00. The average molecular weight is 386 g/mol. The molecule has 1 aliphatic rings. The van der Waals surface area contributed by atoms with Crippen LogP contribution in [0.4, 0.5) is 11.4 Å². The van der Waals surface area contributed by atoms with Crippen molar-refractivity contribution < 1.29 is 14.3 Å². The maximum absolute atomic E-state index is 12.7. The number of nitrogens with one attached hydrogen (secondary N) is 1. The molecule has 3 aromatic carbocycles. The summed E-state index contributed by atoms with van der Waals surface area (Å²) in [6.07, 6.45) is 0.218. The highest BCUT2D eigenvalue weighted by Crippen LogP contribution is 2.29. The summed E-state index contributed by atoms with van der Waals surface area (Å²) in [5, 5.41) is 2.91. The van der Waals surface area contributed by atoms with Crippen molar-refractivity contribution in [3.8, 4) is 11.5 Å². The predicted molar refractivity (Wildman–Crippen MR) is 113 cm³/mol. The van der Waals surface area contributed by atoms with Crippen molar-refractivity contribution in [3.05, 3.63) is 84.4 Å². The number of benzene rings is 3. The van der Waals surface area contributed by atoms with Crippen LogP contribution in [0.15, 0.2) is 78.9 Å². The van der Waals surface area contributed by atoms with E-state index in [1.165, 1.54) is 0 Å². The lowest BCUT2D eigenvalue weighted by Crippen LogP contribution is -2.28. The van der Waals surface area contributed by atoms with Crippen LogP contribution in [0.5, 0.6) is 11.5 Å². The molecule has 0 aromatic heterocycles. The number of carbonyl (C=O) groups excluding carboxylic acids is 2. The molecule has 29 heavy (non-hydrogen) atoms. The van der Waals surface area contributed by atoms with Gasteiger partial charge in [-0.05, 0) is 55.0 Å². The van der Waals surface area contributed by atoms with Crippen LogP contribution in [-0.2, 0) is 9.59 Å². The highest BCUT2D eigenvalue weighted by molar-refractivity contribution is 6.03. The van der Waals surface area contributed by atoms with Gasteiger partial charge in [-0.2, -0.15) is 0 Å². The van der Waals surface area contributed by atoms with E-state index in [0.29, 0.717) is 18.0 Å². The molecule has 146 valence electrons. The summed E-state index contributed by atoms with van der Waals surface area (Å²) >= 11 is 0. The number of aryl methyl sites for hydroxylation is 1. The molecule has 4 rings (SSSR count). The summed E-state index contributed by atoms with van der Waals surface area (Å²) in [5.74, 6) is 0.903. The number of carbonyl (C=O) groups is 2. The Hall–Kier alpha value is -3.60. The average Bonchev–Trinajstić information content (AvgIpc) is 3.12. The van der Waals surface area contributed by atoms with Gasteiger partial charge in [0.15, 0.2) is 0 Å². The highest BCUT2D eigenvalue weighted by Gasteiger charge is 2.35. The number of hydrogen-bond donors (Lipinski definition) is 1. The molecule has 1 heterocycles. The van der Waals surface area contributed by atoms with Crippen molar-refractivity contribution >= 4 is 23.2 Å². The topological polar surface area (TPSA) is 58.6 Å². The minimum absolute atomic E-state index is 0.0222. The quantitative estimate of drug-likeness (QED) is 0.687. The second-order valence-electron chi connectivity index (χ2n) is 7.12. The van der Waals surface area contributed by atoms with Gasteiger partial charge in [-0.15, -0.1) is 0 Å². The van der Waals surface area contributed by atoms with Crippen molar-refractivity contribution in [1.29, 1.82) is 0 Å². The fourth-order valence-electron chi connectivity index (χ4n) is 3.46. The minimum Gasteiger partial charge on any atom is -0.457 e. The lowest BCUT2D eigenvalue weighted by molar-refractivity contribution is -0.122. The Morgan fingerprint density at radius 1 is 0.931 bits per heavy atom.